The van der Waals surface area contributed by atoms with Gasteiger partial charge in [0.2, 0.25) is 0 Å². The number of nitro benzene ring substituents is 1. The summed E-state index contributed by atoms with van der Waals surface area (Å²) in [6.45, 7) is 2.07. The summed E-state index contributed by atoms with van der Waals surface area (Å²) in [5.74, 6) is -0.130. The second-order valence-electron chi connectivity index (χ2n) is 7.23. The van der Waals surface area contributed by atoms with Crippen LogP contribution in [0.4, 0.5) is 17.1 Å². The molecule has 0 saturated heterocycles. The molecule has 1 aliphatic heterocycles. The molecule has 0 aromatic heterocycles. The van der Waals surface area contributed by atoms with E-state index in [1.165, 1.54) is 24.3 Å². The molecule has 0 unspecified atom stereocenters. The van der Waals surface area contributed by atoms with Gasteiger partial charge >= 0.3 is 0 Å². The number of aryl methyl sites for hydroxylation is 1. The molecule has 0 radical (unpaired) electrons. The number of nitro groups is 1. The Balaban J connectivity index is 1.59. The zero-order chi connectivity index (χ0) is 22.2. The minimum atomic E-state index is -3.90. The number of rotatable bonds is 5. The maximum Gasteiger partial charge on any atom is 0.269 e. The van der Waals surface area contributed by atoms with E-state index in [9.17, 15) is 23.3 Å². The maximum atomic E-state index is 12.9. The Hall–Kier alpha value is -3.72. The molecule has 0 atom stereocenters. The summed E-state index contributed by atoms with van der Waals surface area (Å²) < 4.78 is 28.3. The standard InChI is InChI=1S/C22H19N3O5S/c1-15-13-18(25(27)28)7-9-20(15)23-31(29,30)19-8-10-21-17(14-19)11-12-24(21)22(26)16-5-3-2-4-6-16/h2-10,13-14,23H,11-12H2,1H3. The number of nitrogens with zero attached hydrogens (tertiary/aromatic N) is 2. The van der Waals surface area contributed by atoms with Crippen molar-refractivity contribution >= 4 is 33.0 Å². The molecule has 1 aliphatic rings. The predicted molar refractivity (Wildman–Crippen MR) is 117 cm³/mol. The van der Waals surface area contributed by atoms with Gasteiger partial charge in [-0.05, 0) is 60.9 Å². The van der Waals surface area contributed by atoms with Crippen molar-refractivity contribution in [2.45, 2.75) is 18.2 Å². The number of benzene rings is 3. The summed E-state index contributed by atoms with van der Waals surface area (Å²) in [6.07, 6.45) is 0.549. The molecule has 31 heavy (non-hydrogen) atoms. The molecule has 1 heterocycles. The monoisotopic (exact) mass is 437 g/mol. The first-order valence-electron chi connectivity index (χ1n) is 9.54. The molecule has 3 aromatic carbocycles. The average Bonchev–Trinajstić information content (AvgIpc) is 3.18. The third-order valence-corrected chi connectivity index (χ3v) is 6.55. The average molecular weight is 437 g/mol. The van der Waals surface area contributed by atoms with Crippen molar-refractivity contribution < 1.29 is 18.1 Å². The fraction of sp³-hybridized carbons (Fsp3) is 0.136. The third-order valence-electron chi connectivity index (χ3n) is 5.19. The lowest BCUT2D eigenvalue weighted by Crippen LogP contribution is -2.28. The Morgan fingerprint density at radius 3 is 2.48 bits per heavy atom. The number of nitrogens with one attached hydrogen (secondary N) is 1. The molecular weight excluding hydrogens is 418 g/mol. The van der Waals surface area contributed by atoms with E-state index in [0.29, 0.717) is 29.8 Å². The summed E-state index contributed by atoms with van der Waals surface area (Å²) in [4.78, 5) is 24.9. The molecule has 4 rings (SSSR count). The molecule has 8 nitrogen and oxygen atoms in total. The van der Waals surface area contributed by atoms with E-state index in [1.54, 1.807) is 48.2 Å². The Labute approximate surface area is 179 Å². The highest BCUT2D eigenvalue weighted by Gasteiger charge is 2.27. The van der Waals surface area contributed by atoms with Gasteiger partial charge in [0, 0.05) is 29.9 Å². The van der Waals surface area contributed by atoms with Crippen LogP contribution in [-0.2, 0) is 16.4 Å². The number of carbonyl (C=O) groups is 1. The minimum absolute atomic E-state index is 0.0676. The van der Waals surface area contributed by atoms with Gasteiger partial charge in [0.05, 0.1) is 15.5 Å². The molecule has 9 heteroatoms. The van der Waals surface area contributed by atoms with Gasteiger partial charge in [-0.15, -0.1) is 0 Å². The van der Waals surface area contributed by atoms with Crippen molar-refractivity contribution in [3.05, 3.63) is 93.5 Å². The van der Waals surface area contributed by atoms with Crippen LogP contribution in [-0.4, -0.2) is 25.8 Å². The number of sulfonamides is 1. The molecule has 0 aliphatic carbocycles. The summed E-state index contributed by atoms with van der Waals surface area (Å²) in [6, 6.07) is 17.5. The maximum absolute atomic E-state index is 12.9. The Morgan fingerprint density at radius 2 is 1.81 bits per heavy atom. The van der Waals surface area contributed by atoms with Gasteiger partial charge in [-0.25, -0.2) is 8.42 Å². The van der Waals surface area contributed by atoms with Crippen LogP contribution in [0.2, 0.25) is 0 Å². The molecule has 1 N–H and O–H groups in total. The fourth-order valence-corrected chi connectivity index (χ4v) is 4.75. The van der Waals surface area contributed by atoms with Gasteiger partial charge in [0.15, 0.2) is 0 Å². The molecular formula is C22H19N3O5S. The molecule has 0 fully saturated rings. The van der Waals surface area contributed by atoms with E-state index >= 15 is 0 Å². The van der Waals surface area contributed by atoms with Crippen LogP contribution in [0.1, 0.15) is 21.5 Å². The quantitative estimate of drug-likeness (QED) is 0.481. The number of hydrogen-bond acceptors (Lipinski definition) is 5. The van der Waals surface area contributed by atoms with Gasteiger partial charge in [0.1, 0.15) is 0 Å². The number of fused-ring (bicyclic) bond motifs is 1. The number of hydrogen-bond donors (Lipinski definition) is 1. The molecule has 0 bridgehead atoms. The summed E-state index contributed by atoms with van der Waals surface area (Å²) in [5, 5.41) is 10.9. The van der Waals surface area contributed by atoms with Crippen molar-refractivity contribution in [3.8, 4) is 0 Å². The van der Waals surface area contributed by atoms with E-state index in [2.05, 4.69) is 4.72 Å². The van der Waals surface area contributed by atoms with E-state index in [4.69, 9.17) is 0 Å². The van der Waals surface area contributed by atoms with E-state index < -0.39 is 14.9 Å². The van der Waals surface area contributed by atoms with Gasteiger partial charge < -0.3 is 4.90 Å². The Kier molecular flexibility index (Phi) is 5.20. The van der Waals surface area contributed by atoms with Crippen molar-refractivity contribution in [2.24, 2.45) is 0 Å². The molecule has 3 aromatic rings. The van der Waals surface area contributed by atoms with Crippen LogP contribution in [0.15, 0.2) is 71.6 Å². The lowest BCUT2D eigenvalue weighted by molar-refractivity contribution is -0.384. The third kappa shape index (κ3) is 3.99. The largest absolute Gasteiger partial charge is 0.308 e. The van der Waals surface area contributed by atoms with Gasteiger partial charge in [0.25, 0.3) is 21.6 Å². The highest BCUT2D eigenvalue weighted by Crippen LogP contribution is 2.32. The van der Waals surface area contributed by atoms with E-state index in [-0.39, 0.29) is 22.2 Å². The van der Waals surface area contributed by atoms with Gasteiger partial charge in [-0.3, -0.25) is 19.6 Å². The second-order valence-corrected chi connectivity index (χ2v) is 8.91. The second kappa shape index (κ2) is 7.84. The normalized spacial score (nSPS) is 13.0. The topological polar surface area (TPSA) is 110 Å². The number of amides is 1. The van der Waals surface area contributed by atoms with E-state index in [1.807, 2.05) is 6.07 Å². The van der Waals surface area contributed by atoms with Crippen LogP contribution in [0.5, 0.6) is 0 Å². The number of carbonyl (C=O) groups excluding carboxylic acids is 1. The number of non-ortho nitro benzene ring substituents is 1. The lowest BCUT2D eigenvalue weighted by Gasteiger charge is -2.18. The zero-order valence-corrected chi connectivity index (χ0v) is 17.4. The minimum Gasteiger partial charge on any atom is -0.308 e. The van der Waals surface area contributed by atoms with Crippen LogP contribution in [0.3, 0.4) is 0 Å². The Bertz CT molecular complexity index is 1290. The highest BCUT2D eigenvalue weighted by molar-refractivity contribution is 7.92. The molecule has 158 valence electrons. The first-order valence-corrected chi connectivity index (χ1v) is 11.0. The molecule has 0 spiro atoms. The van der Waals surface area contributed by atoms with Crippen LogP contribution in [0, 0.1) is 17.0 Å². The summed E-state index contributed by atoms with van der Waals surface area (Å²) in [7, 11) is -3.90. The predicted octanol–water partition coefficient (Wildman–Crippen LogP) is 3.91. The van der Waals surface area contributed by atoms with Crippen LogP contribution >= 0.6 is 0 Å². The smallest absolute Gasteiger partial charge is 0.269 e. The van der Waals surface area contributed by atoms with Crippen molar-refractivity contribution in [3.63, 3.8) is 0 Å². The zero-order valence-electron chi connectivity index (χ0n) is 16.6. The summed E-state index contributed by atoms with van der Waals surface area (Å²) in [5.41, 5.74) is 2.64. The molecule has 0 saturated carbocycles. The van der Waals surface area contributed by atoms with Gasteiger partial charge in [-0.1, -0.05) is 18.2 Å². The van der Waals surface area contributed by atoms with Gasteiger partial charge in [-0.2, -0.15) is 0 Å². The summed E-state index contributed by atoms with van der Waals surface area (Å²) >= 11 is 0. The molecule has 1 amide bonds. The van der Waals surface area contributed by atoms with E-state index in [0.717, 1.165) is 5.56 Å². The lowest BCUT2D eigenvalue weighted by atomic mass is 10.1. The number of anilines is 2. The first-order chi connectivity index (χ1) is 14.8. The SMILES string of the molecule is Cc1cc([N+](=O)[O-])ccc1NS(=O)(=O)c1ccc2c(c1)CCN2C(=O)c1ccccc1. The first kappa shape index (κ1) is 20.5. The Morgan fingerprint density at radius 1 is 1.06 bits per heavy atom. The van der Waals surface area contributed by atoms with Crippen molar-refractivity contribution in [1.82, 2.24) is 0 Å². The fourth-order valence-electron chi connectivity index (χ4n) is 3.57. The van der Waals surface area contributed by atoms with Crippen LogP contribution < -0.4 is 9.62 Å². The van der Waals surface area contributed by atoms with Crippen molar-refractivity contribution in [2.75, 3.05) is 16.2 Å². The highest BCUT2D eigenvalue weighted by atomic mass is 32.2. The van der Waals surface area contributed by atoms with Crippen LogP contribution in [0.25, 0.3) is 0 Å². The van der Waals surface area contributed by atoms with Crippen molar-refractivity contribution in [1.29, 1.82) is 0 Å².